The van der Waals surface area contributed by atoms with Crippen LogP contribution in [0.1, 0.15) is 13.3 Å². The Balaban J connectivity index is 2.15. The predicted molar refractivity (Wildman–Crippen MR) is 74.3 cm³/mol. The number of nitrogens with one attached hydrogen (secondary N) is 1. The lowest BCUT2D eigenvalue weighted by Crippen LogP contribution is -2.43. The van der Waals surface area contributed by atoms with Crippen LogP contribution in [0.3, 0.4) is 0 Å². The average Bonchev–Trinajstić information content (AvgIpc) is 2.67. The van der Waals surface area contributed by atoms with Crippen LogP contribution in [0, 0.1) is 10.1 Å². The number of benzene rings is 1. The van der Waals surface area contributed by atoms with E-state index in [1.54, 1.807) is 19.1 Å². The summed E-state index contributed by atoms with van der Waals surface area (Å²) in [5.74, 6) is 0. The zero-order valence-electron chi connectivity index (χ0n) is 10.4. The highest BCUT2D eigenvalue weighted by Crippen LogP contribution is 2.30. The van der Waals surface area contributed by atoms with Gasteiger partial charge in [-0.25, -0.2) is 0 Å². The molecular formula is C12H15BrN2O4. The van der Waals surface area contributed by atoms with Crippen molar-refractivity contribution in [2.24, 2.45) is 0 Å². The van der Waals surface area contributed by atoms with Gasteiger partial charge >= 0.3 is 0 Å². The van der Waals surface area contributed by atoms with Crippen molar-refractivity contribution in [1.82, 2.24) is 0 Å². The number of anilines is 1. The first kappa shape index (κ1) is 14.2. The minimum absolute atomic E-state index is 0.0154. The first-order chi connectivity index (χ1) is 8.92. The van der Waals surface area contributed by atoms with Crippen molar-refractivity contribution in [1.29, 1.82) is 0 Å². The molecule has 0 spiro atoms. The van der Waals surface area contributed by atoms with Crippen molar-refractivity contribution in [3.63, 3.8) is 0 Å². The van der Waals surface area contributed by atoms with Gasteiger partial charge in [-0.2, -0.15) is 0 Å². The van der Waals surface area contributed by atoms with E-state index in [1.807, 2.05) is 0 Å². The zero-order valence-corrected chi connectivity index (χ0v) is 12.0. The van der Waals surface area contributed by atoms with Crippen molar-refractivity contribution in [3.05, 3.63) is 32.8 Å². The Bertz CT molecular complexity index is 497. The lowest BCUT2D eigenvalue weighted by Gasteiger charge is -2.26. The van der Waals surface area contributed by atoms with Gasteiger partial charge in [-0.3, -0.25) is 10.1 Å². The number of aliphatic hydroxyl groups is 1. The standard InChI is InChI=1S/C12H15BrN2O4/c1-8-12(16,4-5-19-8)7-14-10-6-9(13)2-3-11(10)15(17)18/h2-3,6,8,14,16H,4-5,7H2,1H3. The number of ether oxygens (including phenoxy) is 1. The Morgan fingerprint density at radius 1 is 1.68 bits per heavy atom. The summed E-state index contributed by atoms with van der Waals surface area (Å²) in [5.41, 5.74) is -0.624. The van der Waals surface area contributed by atoms with Crippen molar-refractivity contribution in [3.8, 4) is 0 Å². The minimum Gasteiger partial charge on any atom is -0.385 e. The maximum atomic E-state index is 10.9. The normalized spacial score (nSPS) is 26.4. The lowest BCUT2D eigenvalue weighted by atomic mass is 9.96. The molecule has 0 amide bonds. The molecule has 1 heterocycles. The molecule has 0 radical (unpaired) electrons. The second kappa shape index (κ2) is 5.44. The van der Waals surface area contributed by atoms with E-state index in [0.29, 0.717) is 18.7 Å². The maximum absolute atomic E-state index is 10.9. The Morgan fingerprint density at radius 3 is 3.00 bits per heavy atom. The fourth-order valence-electron chi connectivity index (χ4n) is 2.06. The molecule has 2 N–H and O–H groups in total. The van der Waals surface area contributed by atoms with E-state index < -0.39 is 10.5 Å². The number of hydrogen-bond acceptors (Lipinski definition) is 5. The molecule has 0 bridgehead atoms. The van der Waals surface area contributed by atoms with Crippen LogP contribution in [0.15, 0.2) is 22.7 Å². The molecule has 7 heteroatoms. The largest absolute Gasteiger partial charge is 0.385 e. The Labute approximate surface area is 119 Å². The van der Waals surface area contributed by atoms with Gasteiger partial charge in [0.15, 0.2) is 0 Å². The molecule has 6 nitrogen and oxygen atoms in total. The molecule has 2 unspecified atom stereocenters. The van der Waals surface area contributed by atoms with Crippen LogP contribution in [0.4, 0.5) is 11.4 Å². The maximum Gasteiger partial charge on any atom is 0.292 e. The molecule has 0 saturated carbocycles. The van der Waals surface area contributed by atoms with Crippen molar-refractivity contribution in [2.45, 2.75) is 25.0 Å². The van der Waals surface area contributed by atoms with Crippen LogP contribution >= 0.6 is 15.9 Å². The lowest BCUT2D eigenvalue weighted by molar-refractivity contribution is -0.384. The van der Waals surface area contributed by atoms with Gasteiger partial charge in [0.2, 0.25) is 0 Å². The van der Waals surface area contributed by atoms with E-state index in [0.717, 1.165) is 4.47 Å². The first-order valence-electron chi connectivity index (χ1n) is 5.94. The van der Waals surface area contributed by atoms with E-state index in [4.69, 9.17) is 4.74 Å². The summed E-state index contributed by atoms with van der Waals surface area (Å²) in [5, 5.41) is 24.2. The number of nitro groups is 1. The molecular weight excluding hydrogens is 316 g/mol. The number of rotatable bonds is 4. The third-order valence-electron chi connectivity index (χ3n) is 3.40. The second-order valence-electron chi connectivity index (χ2n) is 4.64. The van der Waals surface area contributed by atoms with Crippen LogP contribution in [-0.4, -0.2) is 34.9 Å². The average molecular weight is 331 g/mol. The molecule has 2 atom stereocenters. The Kier molecular flexibility index (Phi) is 4.07. The molecule has 1 fully saturated rings. The third-order valence-corrected chi connectivity index (χ3v) is 3.89. The minimum atomic E-state index is -0.990. The predicted octanol–water partition coefficient (Wildman–Crippen LogP) is 2.31. The molecule has 1 aromatic carbocycles. The van der Waals surface area contributed by atoms with Gasteiger partial charge in [0.25, 0.3) is 5.69 Å². The van der Waals surface area contributed by atoms with Crippen molar-refractivity contribution >= 4 is 27.3 Å². The molecule has 104 valence electrons. The first-order valence-corrected chi connectivity index (χ1v) is 6.73. The summed E-state index contributed by atoms with van der Waals surface area (Å²) in [6.45, 7) is 2.51. The van der Waals surface area contributed by atoms with E-state index in [2.05, 4.69) is 21.2 Å². The van der Waals surface area contributed by atoms with Gasteiger partial charge < -0.3 is 15.2 Å². The molecule has 1 aliphatic heterocycles. The smallest absolute Gasteiger partial charge is 0.292 e. The molecule has 0 aliphatic carbocycles. The van der Waals surface area contributed by atoms with Gasteiger partial charge in [0.1, 0.15) is 11.3 Å². The SMILES string of the molecule is CC1OCCC1(O)CNc1cc(Br)ccc1[N+](=O)[O-]. The van der Waals surface area contributed by atoms with E-state index in [1.165, 1.54) is 6.07 Å². The highest BCUT2D eigenvalue weighted by atomic mass is 79.9. The molecule has 2 rings (SSSR count). The third kappa shape index (κ3) is 3.05. The fourth-order valence-corrected chi connectivity index (χ4v) is 2.42. The Hall–Kier alpha value is -1.18. The van der Waals surface area contributed by atoms with E-state index in [-0.39, 0.29) is 18.3 Å². The molecule has 1 saturated heterocycles. The van der Waals surface area contributed by atoms with Gasteiger partial charge in [-0.05, 0) is 19.1 Å². The molecule has 1 aromatic rings. The number of nitro benzene ring substituents is 1. The van der Waals surface area contributed by atoms with Crippen LogP contribution in [0.2, 0.25) is 0 Å². The summed E-state index contributed by atoms with van der Waals surface area (Å²) < 4.78 is 6.06. The number of halogens is 1. The van der Waals surface area contributed by atoms with Crippen LogP contribution in [-0.2, 0) is 4.74 Å². The molecule has 19 heavy (non-hydrogen) atoms. The van der Waals surface area contributed by atoms with Crippen molar-refractivity contribution in [2.75, 3.05) is 18.5 Å². The van der Waals surface area contributed by atoms with Crippen LogP contribution < -0.4 is 5.32 Å². The molecule has 1 aliphatic rings. The van der Waals surface area contributed by atoms with Crippen LogP contribution in [0.5, 0.6) is 0 Å². The summed E-state index contributed by atoms with van der Waals surface area (Å²) in [6, 6.07) is 4.66. The monoisotopic (exact) mass is 330 g/mol. The second-order valence-corrected chi connectivity index (χ2v) is 5.55. The van der Waals surface area contributed by atoms with Gasteiger partial charge in [-0.1, -0.05) is 15.9 Å². The van der Waals surface area contributed by atoms with Gasteiger partial charge in [-0.15, -0.1) is 0 Å². The van der Waals surface area contributed by atoms with Gasteiger partial charge in [0.05, 0.1) is 11.0 Å². The number of nitrogens with zero attached hydrogens (tertiary/aromatic N) is 1. The summed E-state index contributed by atoms with van der Waals surface area (Å²) in [6.07, 6.45) is 0.231. The summed E-state index contributed by atoms with van der Waals surface area (Å²) in [4.78, 5) is 10.5. The van der Waals surface area contributed by atoms with Crippen molar-refractivity contribution < 1.29 is 14.8 Å². The zero-order chi connectivity index (χ0) is 14.0. The Morgan fingerprint density at radius 2 is 2.42 bits per heavy atom. The van der Waals surface area contributed by atoms with E-state index >= 15 is 0 Å². The van der Waals surface area contributed by atoms with Gasteiger partial charge in [0, 0.05) is 30.1 Å². The topological polar surface area (TPSA) is 84.6 Å². The number of hydrogen-bond donors (Lipinski definition) is 2. The highest BCUT2D eigenvalue weighted by Gasteiger charge is 2.39. The summed E-state index contributed by atoms with van der Waals surface area (Å²) in [7, 11) is 0. The highest BCUT2D eigenvalue weighted by molar-refractivity contribution is 9.10. The summed E-state index contributed by atoms with van der Waals surface area (Å²) >= 11 is 3.27. The quantitative estimate of drug-likeness (QED) is 0.653. The fraction of sp³-hybridized carbons (Fsp3) is 0.500. The van der Waals surface area contributed by atoms with E-state index in [9.17, 15) is 15.2 Å². The van der Waals surface area contributed by atoms with Crippen LogP contribution in [0.25, 0.3) is 0 Å². The molecule has 0 aromatic heterocycles.